The monoisotopic (exact) mass is 304 g/mol. The normalized spacial score (nSPS) is 13.3. The standard InChI is InChI=1S/C18H28N2O2/c1-4-10-20(11-5-2)19-18(21)16-12-14-8-7-9-15(14)13-17(16)22-6-3/h12-13H,4-11H2,1-3H3,(H,19,21). The first-order valence-electron chi connectivity index (χ1n) is 8.54. The average Bonchev–Trinajstić information content (AvgIpc) is 2.94. The van der Waals surface area contributed by atoms with E-state index in [1.54, 1.807) is 0 Å². The highest BCUT2D eigenvalue weighted by atomic mass is 16.5. The first-order valence-corrected chi connectivity index (χ1v) is 8.54. The number of ether oxygens (including phenoxy) is 1. The molecule has 0 radical (unpaired) electrons. The lowest BCUT2D eigenvalue weighted by Crippen LogP contribution is -2.43. The molecule has 1 aliphatic carbocycles. The first kappa shape index (κ1) is 16.8. The third-order valence-corrected chi connectivity index (χ3v) is 3.99. The molecule has 4 heteroatoms. The highest BCUT2D eigenvalue weighted by Gasteiger charge is 2.20. The Morgan fingerprint density at radius 1 is 1.14 bits per heavy atom. The summed E-state index contributed by atoms with van der Waals surface area (Å²) in [6.45, 7) is 8.51. The van der Waals surface area contributed by atoms with Crippen molar-refractivity contribution in [3.63, 3.8) is 0 Å². The van der Waals surface area contributed by atoms with Gasteiger partial charge in [0.15, 0.2) is 0 Å². The molecule has 0 heterocycles. The molecule has 0 unspecified atom stereocenters. The Kier molecular flexibility index (Phi) is 6.25. The Bertz CT molecular complexity index is 508. The fourth-order valence-electron chi connectivity index (χ4n) is 3.02. The topological polar surface area (TPSA) is 41.6 Å². The molecule has 1 amide bonds. The molecule has 0 saturated heterocycles. The van der Waals surface area contributed by atoms with Crippen molar-refractivity contribution in [1.29, 1.82) is 0 Å². The van der Waals surface area contributed by atoms with Gasteiger partial charge in [0.05, 0.1) is 12.2 Å². The molecule has 0 atom stereocenters. The fraction of sp³-hybridized carbons (Fsp3) is 0.611. The number of rotatable bonds is 8. The van der Waals surface area contributed by atoms with Crippen molar-refractivity contribution in [2.45, 2.75) is 52.9 Å². The number of nitrogens with zero attached hydrogens (tertiary/aromatic N) is 1. The van der Waals surface area contributed by atoms with Crippen molar-refractivity contribution in [2.24, 2.45) is 0 Å². The van der Waals surface area contributed by atoms with E-state index in [1.807, 2.05) is 18.0 Å². The van der Waals surface area contributed by atoms with Gasteiger partial charge in [-0.2, -0.15) is 0 Å². The molecule has 1 aromatic carbocycles. The largest absolute Gasteiger partial charge is 0.493 e. The zero-order valence-electron chi connectivity index (χ0n) is 14.1. The molecule has 122 valence electrons. The van der Waals surface area contributed by atoms with E-state index in [4.69, 9.17) is 4.74 Å². The molecule has 1 aromatic rings. The number of benzene rings is 1. The van der Waals surface area contributed by atoms with Gasteiger partial charge in [0.2, 0.25) is 0 Å². The molecule has 0 bridgehead atoms. The van der Waals surface area contributed by atoms with Gasteiger partial charge < -0.3 is 4.74 Å². The Morgan fingerprint density at radius 3 is 2.36 bits per heavy atom. The zero-order chi connectivity index (χ0) is 15.9. The van der Waals surface area contributed by atoms with Crippen molar-refractivity contribution < 1.29 is 9.53 Å². The molecule has 2 rings (SSSR count). The predicted octanol–water partition coefficient (Wildman–Crippen LogP) is 3.34. The lowest BCUT2D eigenvalue weighted by Gasteiger charge is -2.23. The Hall–Kier alpha value is -1.55. The van der Waals surface area contributed by atoms with Crippen LogP contribution in [0, 0.1) is 0 Å². The van der Waals surface area contributed by atoms with Crippen LogP contribution < -0.4 is 10.2 Å². The summed E-state index contributed by atoms with van der Waals surface area (Å²) in [6.07, 6.45) is 5.36. The van der Waals surface area contributed by atoms with E-state index in [2.05, 4.69) is 25.3 Å². The quantitative estimate of drug-likeness (QED) is 0.749. The van der Waals surface area contributed by atoms with E-state index in [1.165, 1.54) is 17.5 Å². The van der Waals surface area contributed by atoms with Crippen molar-refractivity contribution in [1.82, 2.24) is 10.4 Å². The van der Waals surface area contributed by atoms with Crippen molar-refractivity contribution in [3.8, 4) is 5.75 Å². The number of amides is 1. The molecule has 0 fully saturated rings. The van der Waals surface area contributed by atoms with Gasteiger partial charge in [0, 0.05) is 13.1 Å². The van der Waals surface area contributed by atoms with Crippen LogP contribution in [0.1, 0.15) is 61.5 Å². The van der Waals surface area contributed by atoms with E-state index in [0.29, 0.717) is 17.9 Å². The van der Waals surface area contributed by atoms with Crippen LogP contribution in [0.3, 0.4) is 0 Å². The number of hydrogen-bond acceptors (Lipinski definition) is 3. The summed E-state index contributed by atoms with van der Waals surface area (Å²) in [5, 5.41) is 2.01. The van der Waals surface area contributed by atoms with Crippen LogP contribution >= 0.6 is 0 Å². The maximum atomic E-state index is 12.7. The number of carbonyl (C=O) groups is 1. The number of fused-ring (bicyclic) bond motifs is 1. The number of hydrogen-bond donors (Lipinski definition) is 1. The zero-order valence-corrected chi connectivity index (χ0v) is 14.1. The van der Waals surface area contributed by atoms with Crippen LogP contribution in [0.25, 0.3) is 0 Å². The Labute approximate surface area is 133 Å². The van der Waals surface area contributed by atoms with Crippen LogP contribution in [0.4, 0.5) is 0 Å². The third kappa shape index (κ3) is 4.01. The second-order valence-electron chi connectivity index (χ2n) is 5.83. The average molecular weight is 304 g/mol. The third-order valence-electron chi connectivity index (χ3n) is 3.99. The highest BCUT2D eigenvalue weighted by molar-refractivity contribution is 5.97. The fourth-order valence-corrected chi connectivity index (χ4v) is 3.02. The minimum absolute atomic E-state index is 0.0555. The predicted molar refractivity (Wildman–Crippen MR) is 89.3 cm³/mol. The van der Waals surface area contributed by atoms with Gasteiger partial charge in [-0.3, -0.25) is 10.2 Å². The van der Waals surface area contributed by atoms with Gasteiger partial charge in [-0.05, 0) is 62.3 Å². The van der Waals surface area contributed by atoms with Gasteiger partial charge in [-0.25, -0.2) is 5.01 Å². The molecule has 0 saturated carbocycles. The maximum Gasteiger partial charge on any atom is 0.269 e. The Balaban J connectivity index is 2.20. The Morgan fingerprint density at radius 2 is 1.77 bits per heavy atom. The summed E-state index contributed by atoms with van der Waals surface area (Å²) in [6, 6.07) is 4.09. The molecule has 1 aliphatic rings. The lowest BCUT2D eigenvalue weighted by molar-refractivity contribution is 0.0784. The van der Waals surface area contributed by atoms with Gasteiger partial charge in [-0.1, -0.05) is 13.8 Å². The van der Waals surface area contributed by atoms with E-state index in [-0.39, 0.29) is 5.91 Å². The molecule has 0 aliphatic heterocycles. The number of carbonyl (C=O) groups excluding carboxylic acids is 1. The molecule has 4 nitrogen and oxygen atoms in total. The molecule has 1 N–H and O–H groups in total. The van der Waals surface area contributed by atoms with Gasteiger partial charge in [0.25, 0.3) is 5.91 Å². The number of nitrogens with one attached hydrogen (secondary N) is 1. The van der Waals surface area contributed by atoms with Crippen molar-refractivity contribution in [2.75, 3.05) is 19.7 Å². The van der Waals surface area contributed by atoms with E-state index < -0.39 is 0 Å². The molecule has 0 aromatic heterocycles. The molecular formula is C18H28N2O2. The SMILES string of the molecule is CCCN(CCC)NC(=O)c1cc2c(cc1OCC)CCC2. The summed E-state index contributed by atoms with van der Waals surface area (Å²) in [5.41, 5.74) is 6.34. The van der Waals surface area contributed by atoms with Crippen LogP contribution in [0.5, 0.6) is 5.75 Å². The molecule has 22 heavy (non-hydrogen) atoms. The van der Waals surface area contributed by atoms with Crippen LogP contribution in [-0.4, -0.2) is 30.6 Å². The van der Waals surface area contributed by atoms with Gasteiger partial charge >= 0.3 is 0 Å². The summed E-state index contributed by atoms with van der Waals surface area (Å²) in [5.74, 6) is 0.661. The number of hydrazine groups is 1. The summed E-state index contributed by atoms with van der Waals surface area (Å²) < 4.78 is 5.71. The van der Waals surface area contributed by atoms with Crippen molar-refractivity contribution in [3.05, 3.63) is 28.8 Å². The minimum atomic E-state index is -0.0555. The maximum absolute atomic E-state index is 12.7. The second-order valence-corrected chi connectivity index (χ2v) is 5.83. The first-order chi connectivity index (χ1) is 10.7. The van der Waals surface area contributed by atoms with Gasteiger partial charge in [0.1, 0.15) is 5.75 Å². The van der Waals surface area contributed by atoms with Crippen LogP contribution in [0.2, 0.25) is 0 Å². The molecule has 0 spiro atoms. The van der Waals surface area contributed by atoms with E-state index in [9.17, 15) is 4.79 Å². The van der Waals surface area contributed by atoms with E-state index in [0.717, 1.165) is 38.8 Å². The summed E-state index contributed by atoms with van der Waals surface area (Å²) in [7, 11) is 0. The van der Waals surface area contributed by atoms with Crippen molar-refractivity contribution >= 4 is 5.91 Å². The highest BCUT2D eigenvalue weighted by Crippen LogP contribution is 2.30. The minimum Gasteiger partial charge on any atom is -0.493 e. The summed E-state index contributed by atoms with van der Waals surface area (Å²) >= 11 is 0. The van der Waals surface area contributed by atoms with Crippen LogP contribution in [-0.2, 0) is 12.8 Å². The van der Waals surface area contributed by atoms with Gasteiger partial charge in [-0.15, -0.1) is 0 Å². The lowest BCUT2D eigenvalue weighted by atomic mass is 10.0. The summed E-state index contributed by atoms with van der Waals surface area (Å²) in [4.78, 5) is 12.7. The smallest absolute Gasteiger partial charge is 0.269 e. The second kappa shape index (κ2) is 8.18. The van der Waals surface area contributed by atoms with Crippen LogP contribution in [0.15, 0.2) is 12.1 Å². The molecular weight excluding hydrogens is 276 g/mol. The van der Waals surface area contributed by atoms with E-state index >= 15 is 0 Å². The number of aryl methyl sites for hydroxylation is 2.